The SMILES string of the molecule is CCNc1cncc(N2CCN(C)CC2)n1. The summed E-state index contributed by atoms with van der Waals surface area (Å²) in [5.41, 5.74) is 0. The molecule has 0 atom stereocenters. The second-order valence-corrected chi connectivity index (χ2v) is 4.08. The Morgan fingerprint density at radius 3 is 2.69 bits per heavy atom. The topological polar surface area (TPSA) is 44.3 Å². The van der Waals surface area contributed by atoms with Gasteiger partial charge in [0.05, 0.1) is 12.4 Å². The summed E-state index contributed by atoms with van der Waals surface area (Å²) in [4.78, 5) is 13.4. The van der Waals surface area contributed by atoms with Crippen LogP contribution in [0.25, 0.3) is 0 Å². The van der Waals surface area contributed by atoms with Crippen LogP contribution in [-0.2, 0) is 0 Å². The number of hydrogen-bond acceptors (Lipinski definition) is 5. The molecule has 88 valence electrons. The van der Waals surface area contributed by atoms with Crippen molar-refractivity contribution < 1.29 is 0 Å². The maximum absolute atomic E-state index is 4.54. The second-order valence-electron chi connectivity index (χ2n) is 4.08. The molecule has 0 bridgehead atoms. The Labute approximate surface area is 96.5 Å². The van der Waals surface area contributed by atoms with Crippen LogP contribution in [0.2, 0.25) is 0 Å². The lowest BCUT2D eigenvalue weighted by molar-refractivity contribution is 0.312. The monoisotopic (exact) mass is 221 g/mol. The van der Waals surface area contributed by atoms with Crippen molar-refractivity contribution in [2.45, 2.75) is 6.92 Å². The molecule has 0 aliphatic carbocycles. The summed E-state index contributed by atoms with van der Waals surface area (Å²) >= 11 is 0. The van der Waals surface area contributed by atoms with Gasteiger partial charge in [0.2, 0.25) is 0 Å². The molecule has 1 aliphatic rings. The molecule has 0 amide bonds. The molecule has 5 heteroatoms. The van der Waals surface area contributed by atoms with E-state index in [0.29, 0.717) is 0 Å². The van der Waals surface area contributed by atoms with Gasteiger partial charge in [-0.15, -0.1) is 0 Å². The Morgan fingerprint density at radius 1 is 1.25 bits per heavy atom. The summed E-state index contributed by atoms with van der Waals surface area (Å²) in [6.45, 7) is 7.17. The molecular weight excluding hydrogens is 202 g/mol. The summed E-state index contributed by atoms with van der Waals surface area (Å²) in [6, 6.07) is 0. The Morgan fingerprint density at radius 2 is 2.00 bits per heavy atom. The van der Waals surface area contributed by atoms with Gasteiger partial charge in [0, 0.05) is 32.7 Å². The lowest BCUT2D eigenvalue weighted by Crippen LogP contribution is -2.44. The van der Waals surface area contributed by atoms with Gasteiger partial charge in [0.15, 0.2) is 0 Å². The van der Waals surface area contributed by atoms with Crippen molar-refractivity contribution >= 4 is 11.6 Å². The van der Waals surface area contributed by atoms with Crippen LogP contribution in [0.3, 0.4) is 0 Å². The van der Waals surface area contributed by atoms with Crippen LogP contribution in [-0.4, -0.2) is 54.6 Å². The first-order valence-corrected chi connectivity index (χ1v) is 5.79. The average molecular weight is 221 g/mol. The highest BCUT2D eigenvalue weighted by molar-refractivity contribution is 5.44. The van der Waals surface area contributed by atoms with Crippen LogP contribution < -0.4 is 10.2 Å². The maximum Gasteiger partial charge on any atom is 0.149 e. The van der Waals surface area contributed by atoms with Crippen LogP contribution in [0.1, 0.15) is 6.92 Å². The van der Waals surface area contributed by atoms with Gasteiger partial charge in [0.25, 0.3) is 0 Å². The van der Waals surface area contributed by atoms with Gasteiger partial charge in [0.1, 0.15) is 11.6 Å². The maximum atomic E-state index is 4.54. The standard InChI is InChI=1S/C11H19N5/c1-3-13-10-8-12-9-11(14-10)16-6-4-15(2)5-7-16/h8-9H,3-7H2,1-2H3,(H,13,14). The van der Waals surface area contributed by atoms with Crippen molar-refractivity contribution in [1.82, 2.24) is 14.9 Å². The van der Waals surface area contributed by atoms with E-state index in [1.54, 1.807) is 6.20 Å². The highest BCUT2D eigenvalue weighted by Crippen LogP contribution is 2.13. The Hall–Kier alpha value is -1.36. The number of aromatic nitrogens is 2. The number of piperazine rings is 1. The van der Waals surface area contributed by atoms with Crippen LogP contribution >= 0.6 is 0 Å². The van der Waals surface area contributed by atoms with Crippen LogP contribution in [0.4, 0.5) is 11.6 Å². The Kier molecular flexibility index (Phi) is 3.56. The van der Waals surface area contributed by atoms with E-state index in [2.05, 4.69) is 39.1 Å². The summed E-state index contributed by atoms with van der Waals surface area (Å²) in [7, 11) is 2.15. The minimum atomic E-state index is 0.860. The fourth-order valence-corrected chi connectivity index (χ4v) is 1.81. The molecule has 0 radical (unpaired) electrons. The van der Waals surface area contributed by atoms with Crippen molar-refractivity contribution in [3.8, 4) is 0 Å². The van der Waals surface area contributed by atoms with E-state index >= 15 is 0 Å². The molecule has 1 saturated heterocycles. The predicted molar refractivity (Wildman–Crippen MR) is 65.9 cm³/mol. The lowest BCUT2D eigenvalue weighted by Gasteiger charge is -2.33. The van der Waals surface area contributed by atoms with Gasteiger partial charge < -0.3 is 15.1 Å². The number of anilines is 2. The third kappa shape index (κ3) is 2.61. The number of hydrogen-bond donors (Lipinski definition) is 1. The molecule has 1 aliphatic heterocycles. The molecule has 2 heterocycles. The molecule has 1 aromatic heterocycles. The molecule has 0 aromatic carbocycles. The van der Waals surface area contributed by atoms with Crippen molar-refractivity contribution in [3.63, 3.8) is 0 Å². The third-order valence-electron chi connectivity index (χ3n) is 2.81. The van der Waals surface area contributed by atoms with Crippen molar-refractivity contribution in [1.29, 1.82) is 0 Å². The summed E-state index contributed by atoms with van der Waals surface area (Å²) in [6.07, 6.45) is 3.61. The molecule has 5 nitrogen and oxygen atoms in total. The molecule has 16 heavy (non-hydrogen) atoms. The number of rotatable bonds is 3. The summed E-state index contributed by atoms with van der Waals surface area (Å²) < 4.78 is 0. The third-order valence-corrected chi connectivity index (χ3v) is 2.81. The molecule has 2 rings (SSSR count). The molecule has 1 N–H and O–H groups in total. The smallest absolute Gasteiger partial charge is 0.149 e. The van der Waals surface area contributed by atoms with E-state index in [4.69, 9.17) is 0 Å². The molecule has 1 aromatic rings. The predicted octanol–water partition coefficient (Wildman–Crippen LogP) is 0.660. The highest BCUT2D eigenvalue weighted by atomic mass is 15.3. The van der Waals surface area contributed by atoms with Gasteiger partial charge >= 0.3 is 0 Å². The Bertz CT molecular complexity index is 333. The van der Waals surface area contributed by atoms with Crippen molar-refractivity contribution in [2.24, 2.45) is 0 Å². The van der Waals surface area contributed by atoms with Gasteiger partial charge in [-0.25, -0.2) is 4.98 Å². The minimum Gasteiger partial charge on any atom is -0.369 e. The first kappa shape index (κ1) is 11.1. The zero-order valence-electron chi connectivity index (χ0n) is 9.98. The number of nitrogens with one attached hydrogen (secondary N) is 1. The van der Waals surface area contributed by atoms with E-state index in [-0.39, 0.29) is 0 Å². The van der Waals surface area contributed by atoms with Crippen molar-refractivity contribution in [3.05, 3.63) is 12.4 Å². The number of likely N-dealkylation sites (N-methyl/N-ethyl adjacent to an activating group) is 1. The Balaban J connectivity index is 2.05. The van der Waals surface area contributed by atoms with E-state index < -0.39 is 0 Å². The van der Waals surface area contributed by atoms with Crippen LogP contribution in [0, 0.1) is 0 Å². The van der Waals surface area contributed by atoms with E-state index in [9.17, 15) is 0 Å². The summed E-state index contributed by atoms with van der Waals surface area (Å²) in [5, 5.41) is 3.19. The van der Waals surface area contributed by atoms with Gasteiger partial charge in [-0.2, -0.15) is 0 Å². The minimum absolute atomic E-state index is 0.860. The van der Waals surface area contributed by atoms with Gasteiger partial charge in [-0.3, -0.25) is 4.98 Å². The highest BCUT2D eigenvalue weighted by Gasteiger charge is 2.15. The quantitative estimate of drug-likeness (QED) is 0.812. The zero-order chi connectivity index (χ0) is 11.4. The fourth-order valence-electron chi connectivity index (χ4n) is 1.81. The van der Waals surface area contributed by atoms with E-state index in [0.717, 1.165) is 44.4 Å². The molecule has 0 unspecified atom stereocenters. The van der Waals surface area contributed by atoms with E-state index in [1.807, 2.05) is 6.20 Å². The van der Waals surface area contributed by atoms with Crippen molar-refractivity contribution in [2.75, 3.05) is 50.0 Å². The largest absolute Gasteiger partial charge is 0.369 e. The van der Waals surface area contributed by atoms with Gasteiger partial charge in [-0.05, 0) is 14.0 Å². The molecule has 0 spiro atoms. The first-order valence-electron chi connectivity index (χ1n) is 5.79. The first-order chi connectivity index (χ1) is 7.79. The zero-order valence-corrected chi connectivity index (χ0v) is 9.98. The lowest BCUT2D eigenvalue weighted by atomic mass is 10.3. The normalized spacial score (nSPS) is 17.5. The van der Waals surface area contributed by atoms with Crippen LogP contribution in [0.15, 0.2) is 12.4 Å². The van der Waals surface area contributed by atoms with Crippen LogP contribution in [0.5, 0.6) is 0 Å². The van der Waals surface area contributed by atoms with E-state index in [1.165, 1.54) is 0 Å². The summed E-state index contributed by atoms with van der Waals surface area (Å²) in [5.74, 6) is 1.84. The molecule has 1 fully saturated rings. The molecule has 0 saturated carbocycles. The second kappa shape index (κ2) is 5.12. The fraction of sp³-hybridized carbons (Fsp3) is 0.636. The number of nitrogens with zero attached hydrogens (tertiary/aromatic N) is 4. The average Bonchev–Trinajstić information content (AvgIpc) is 2.31. The molecular formula is C11H19N5. The van der Waals surface area contributed by atoms with Gasteiger partial charge in [-0.1, -0.05) is 0 Å².